The van der Waals surface area contributed by atoms with Gasteiger partial charge < -0.3 is 5.32 Å². The molecular formula is C13H23N. The molecule has 0 radical (unpaired) electrons. The van der Waals surface area contributed by atoms with Gasteiger partial charge in [-0.15, -0.1) is 0 Å². The lowest BCUT2D eigenvalue weighted by molar-refractivity contribution is 0.576. The first kappa shape index (κ1) is 13.2. The van der Waals surface area contributed by atoms with E-state index in [1.54, 1.807) is 0 Å². The molecule has 0 spiro atoms. The monoisotopic (exact) mass is 193 g/mol. The molecule has 1 heteroatoms. The molecule has 0 aromatic heterocycles. The van der Waals surface area contributed by atoms with Crippen LogP contribution >= 0.6 is 0 Å². The average molecular weight is 193 g/mol. The van der Waals surface area contributed by atoms with E-state index in [2.05, 4.69) is 42.6 Å². The van der Waals surface area contributed by atoms with Crippen molar-refractivity contribution >= 4 is 0 Å². The molecule has 1 aromatic carbocycles. The van der Waals surface area contributed by atoms with Crippen LogP contribution in [0.1, 0.15) is 38.7 Å². The molecule has 1 nitrogen and oxygen atoms in total. The minimum atomic E-state index is 0. The Kier molecular flexibility index (Phi) is 7.13. The first-order valence-electron chi connectivity index (χ1n) is 5.08. The van der Waals surface area contributed by atoms with Crippen LogP contribution in [0.5, 0.6) is 0 Å². The Hall–Kier alpha value is -0.820. The third-order valence-electron chi connectivity index (χ3n) is 2.36. The minimum Gasteiger partial charge on any atom is -0.319 e. The Morgan fingerprint density at radius 1 is 1.21 bits per heavy atom. The topological polar surface area (TPSA) is 12.0 Å². The zero-order valence-electron chi connectivity index (χ0n) is 8.59. The zero-order chi connectivity index (χ0) is 9.52. The summed E-state index contributed by atoms with van der Waals surface area (Å²) in [6, 6.07) is 10.8. The van der Waals surface area contributed by atoms with Crippen LogP contribution in [0, 0.1) is 0 Å². The van der Waals surface area contributed by atoms with Crippen molar-refractivity contribution in [3.63, 3.8) is 0 Å². The summed E-state index contributed by atoms with van der Waals surface area (Å²) in [5.74, 6) is 0.677. The number of nitrogens with one attached hydrogen (secondary N) is 1. The van der Waals surface area contributed by atoms with Gasteiger partial charge >= 0.3 is 0 Å². The normalized spacial score (nSPS) is 11.9. The van der Waals surface area contributed by atoms with E-state index in [0.29, 0.717) is 5.92 Å². The molecule has 0 fully saturated rings. The predicted molar refractivity (Wildman–Crippen MR) is 64.7 cm³/mol. The van der Waals surface area contributed by atoms with Gasteiger partial charge in [-0.1, -0.05) is 51.1 Å². The van der Waals surface area contributed by atoms with Crippen molar-refractivity contribution < 1.29 is 0 Å². The highest BCUT2D eigenvalue weighted by Gasteiger charge is 2.07. The van der Waals surface area contributed by atoms with Crippen LogP contribution in [-0.2, 0) is 0 Å². The second kappa shape index (κ2) is 7.57. The van der Waals surface area contributed by atoms with Gasteiger partial charge in [-0.05, 0) is 24.9 Å². The maximum Gasteiger partial charge on any atom is 0.00171 e. The third-order valence-corrected chi connectivity index (χ3v) is 2.36. The number of rotatable bonds is 5. The van der Waals surface area contributed by atoms with Crippen molar-refractivity contribution in [3.05, 3.63) is 35.9 Å². The highest BCUT2D eigenvalue weighted by Crippen LogP contribution is 2.19. The smallest absolute Gasteiger partial charge is 0.00171 e. The van der Waals surface area contributed by atoms with Gasteiger partial charge in [0.2, 0.25) is 0 Å². The molecule has 14 heavy (non-hydrogen) atoms. The van der Waals surface area contributed by atoms with E-state index in [9.17, 15) is 0 Å². The minimum absolute atomic E-state index is 0. The molecular weight excluding hydrogens is 170 g/mol. The van der Waals surface area contributed by atoms with Crippen molar-refractivity contribution in [2.75, 3.05) is 13.6 Å². The van der Waals surface area contributed by atoms with Gasteiger partial charge in [-0.25, -0.2) is 0 Å². The number of hydrogen-bond acceptors (Lipinski definition) is 1. The van der Waals surface area contributed by atoms with Crippen LogP contribution in [0.25, 0.3) is 0 Å². The van der Waals surface area contributed by atoms with Gasteiger partial charge in [-0.2, -0.15) is 0 Å². The van der Waals surface area contributed by atoms with Crippen LogP contribution in [0.3, 0.4) is 0 Å². The van der Waals surface area contributed by atoms with E-state index in [4.69, 9.17) is 0 Å². The maximum atomic E-state index is 3.25. The van der Waals surface area contributed by atoms with E-state index >= 15 is 0 Å². The molecule has 0 saturated heterocycles. The second-order valence-electron chi connectivity index (χ2n) is 3.45. The SMILES string of the molecule is C.CCCC(CNC)c1ccccc1. The second-order valence-corrected chi connectivity index (χ2v) is 3.45. The molecule has 0 saturated carbocycles. The molecule has 80 valence electrons. The number of hydrogen-bond donors (Lipinski definition) is 1. The van der Waals surface area contributed by atoms with E-state index in [-0.39, 0.29) is 7.43 Å². The number of benzene rings is 1. The van der Waals surface area contributed by atoms with E-state index < -0.39 is 0 Å². The first-order valence-corrected chi connectivity index (χ1v) is 5.08. The maximum absolute atomic E-state index is 3.25. The molecule has 0 aliphatic heterocycles. The lowest BCUT2D eigenvalue weighted by Crippen LogP contribution is -2.16. The van der Waals surface area contributed by atoms with E-state index in [1.165, 1.54) is 18.4 Å². The number of likely N-dealkylation sites (N-methyl/N-ethyl adjacent to an activating group) is 1. The predicted octanol–water partition coefficient (Wildman–Crippen LogP) is 3.43. The summed E-state index contributed by atoms with van der Waals surface area (Å²) in [6.07, 6.45) is 2.52. The van der Waals surface area contributed by atoms with Gasteiger partial charge in [0.15, 0.2) is 0 Å². The van der Waals surface area contributed by atoms with Gasteiger partial charge in [0.05, 0.1) is 0 Å². The quantitative estimate of drug-likeness (QED) is 0.755. The summed E-state index contributed by atoms with van der Waals surface area (Å²) in [5.41, 5.74) is 1.46. The fraction of sp³-hybridized carbons (Fsp3) is 0.538. The Morgan fingerprint density at radius 3 is 2.36 bits per heavy atom. The molecule has 0 aliphatic rings. The Morgan fingerprint density at radius 2 is 1.86 bits per heavy atom. The molecule has 0 bridgehead atoms. The van der Waals surface area contributed by atoms with Gasteiger partial charge in [0.1, 0.15) is 0 Å². The van der Waals surface area contributed by atoms with Gasteiger partial charge in [0.25, 0.3) is 0 Å². The van der Waals surface area contributed by atoms with Crippen molar-refractivity contribution in [2.45, 2.75) is 33.1 Å². The van der Waals surface area contributed by atoms with Crippen LogP contribution in [0.15, 0.2) is 30.3 Å². The Labute approximate surface area is 88.5 Å². The lowest BCUT2D eigenvalue weighted by atomic mass is 9.95. The van der Waals surface area contributed by atoms with Gasteiger partial charge in [-0.3, -0.25) is 0 Å². The molecule has 1 unspecified atom stereocenters. The molecule has 0 amide bonds. The Bertz CT molecular complexity index is 212. The van der Waals surface area contributed by atoms with Crippen LogP contribution in [0.2, 0.25) is 0 Å². The fourth-order valence-electron chi connectivity index (χ4n) is 1.71. The molecule has 0 aliphatic carbocycles. The lowest BCUT2D eigenvalue weighted by Gasteiger charge is -2.15. The van der Waals surface area contributed by atoms with Crippen molar-refractivity contribution in [1.29, 1.82) is 0 Å². The van der Waals surface area contributed by atoms with Crippen molar-refractivity contribution in [3.8, 4) is 0 Å². The summed E-state index contributed by atoms with van der Waals surface area (Å²) < 4.78 is 0. The van der Waals surface area contributed by atoms with Gasteiger partial charge in [0, 0.05) is 6.54 Å². The highest BCUT2D eigenvalue weighted by atomic mass is 14.8. The van der Waals surface area contributed by atoms with Crippen LogP contribution < -0.4 is 5.32 Å². The summed E-state index contributed by atoms with van der Waals surface area (Å²) >= 11 is 0. The van der Waals surface area contributed by atoms with E-state index in [0.717, 1.165) is 6.54 Å². The standard InChI is InChI=1S/C12H19N.CH4/c1-3-7-12(10-13-2)11-8-5-4-6-9-11;/h4-6,8-9,12-13H,3,7,10H2,1-2H3;1H4. The largest absolute Gasteiger partial charge is 0.319 e. The summed E-state index contributed by atoms with van der Waals surface area (Å²) in [4.78, 5) is 0. The molecule has 1 N–H and O–H groups in total. The molecule has 0 heterocycles. The van der Waals surface area contributed by atoms with Crippen molar-refractivity contribution in [1.82, 2.24) is 5.32 Å². The summed E-state index contributed by atoms with van der Waals surface area (Å²) in [7, 11) is 2.02. The molecule has 1 rings (SSSR count). The fourth-order valence-corrected chi connectivity index (χ4v) is 1.71. The Balaban J connectivity index is 0.00000169. The first-order chi connectivity index (χ1) is 6.38. The van der Waals surface area contributed by atoms with Crippen molar-refractivity contribution in [2.24, 2.45) is 0 Å². The molecule has 1 aromatic rings. The molecule has 1 atom stereocenters. The zero-order valence-corrected chi connectivity index (χ0v) is 8.59. The highest BCUT2D eigenvalue weighted by molar-refractivity contribution is 5.19. The van der Waals surface area contributed by atoms with Crippen LogP contribution in [-0.4, -0.2) is 13.6 Å². The summed E-state index contributed by atoms with van der Waals surface area (Å²) in [5, 5.41) is 3.25. The van der Waals surface area contributed by atoms with Crippen LogP contribution in [0.4, 0.5) is 0 Å². The summed E-state index contributed by atoms with van der Waals surface area (Å²) in [6.45, 7) is 3.32. The third kappa shape index (κ3) is 3.93. The van der Waals surface area contributed by atoms with E-state index in [1.807, 2.05) is 7.05 Å². The average Bonchev–Trinajstić information content (AvgIpc) is 2.19.